The highest BCUT2D eigenvalue weighted by atomic mass is 32.2. The molecule has 0 radical (unpaired) electrons. The van der Waals surface area contributed by atoms with Crippen LogP contribution in [-0.2, 0) is 10.0 Å². The Morgan fingerprint density at radius 2 is 1.82 bits per heavy atom. The average molecular weight is 319 g/mol. The van der Waals surface area contributed by atoms with Gasteiger partial charge in [0.25, 0.3) is 5.91 Å². The number of benzene rings is 1. The molecule has 2 rings (SSSR count). The first-order valence-electron chi connectivity index (χ1n) is 6.58. The summed E-state index contributed by atoms with van der Waals surface area (Å²) in [5.74, 6) is 0.0137. The maximum absolute atomic E-state index is 12.2. The summed E-state index contributed by atoms with van der Waals surface area (Å²) in [5, 5.41) is 2.65. The third-order valence-corrected chi connectivity index (χ3v) is 4.82. The van der Waals surface area contributed by atoms with Gasteiger partial charge in [-0.25, -0.2) is 17.7 Å². The normalized spacial score (nSPS) is 11.5. The number of nitrogens with zero attached hydrogens (tertiary/aromatic N) is 2. The molecule has 0 bridgehead atoms. The zero-order valence-electron chi connectivity index (χ0n) is 12.6. The molecule has 0 saturated heterocycles. The highest BCUT2D eigenvalue weighted by Gasteiger charge is 2.18. The van der Waals surface area contributed by atoms with Crippen molar-refractivity contribution in [3.8, 4) is 0 Å². The van der Waals surface area contributed by atoms with Crippen LogP contribution in [0.3, 0.4) is 0 Å². The molecule has 7 heteroatoms. The number of amides is 1. The van der Waals surface area contributed by atoms with Crippen molar-refractivity contribution in [3.63, 3.8) is 0 Å². The Kier molecular flexibility index (Phi) is 4.58. The number of sulfonamides is 1. The Hall–Kier alpha value is -2.25. The molecule has 1 amide bonds. The Labute approximate surface area is 129 Å². The van der Waals surface area contributed by atoms with Gasteiger partial charge >= 0.3 is 0 Å². The second kappa shape index (κ2) is 6.25. The van der Waals surface area contributed by atoms with E-state index in [1.165, 1.54) is 32.3 Å². The molecule has 0 aliphatic rings. The van der Waals surface area contributed by atoms with E-state index in [0.29, 0.717) is 5.82 Å². The van der Waals surface area contributed by atoms with Crippen molar-refractivity contribution < 1.29 is 13.2 Å². The minimum Gasteiger partial charge on any atom is -0.307 e. The first kappa shape index (κ1) is 16.1. The highest BCUT2D eigenvalue weighted by molar-refractivity contribution is 7.89. The van der Waals surface area contributed by atoms with E-state index in [0.717, 1.165) is 10.00 Å². The van der Waals surface area contributed by atoms with E-state index in [1.807, 2.05) is 13.0 Å². The zero-order valence-corrected chi connectivity index (χ0v) is 13.4. The number of hydrogen-bond donors (Lipinski definition) is 1. The van der Waals surface area contributed by atoms with E-state index in [4.69, 9.17) is 0 Å². The predicted octanol–water partition coefficient (Wildman–Crippen LogP) is 1.89. The number of carbonyl (C=O) groups excluding carboxylic acids is 1. The number of hydrogen-bond acceptors (Lipinski definition) is 4. The Morgan fingerprint density at radius 3 is 2.45 bits per heavy atom. The molecule has 0 atom stereocenters. The molecule has 6 nitrogen and oxygen atoms in total. The van der Waals surface area contributed by atoms with Gasteiger partial charge in [-0.15, -0.1) is 0 Å². The minimum atomic E-state index is -3.57. The van der Waals surface area contributed by atoms with Crippen molar-refractivity contribution >= 4 is 21.7 Å². The summed E-state index contributed by atoms with van der Waals surface area (Å²) in [6.07, 6.45) is 0. The van der Waals surface area contributed by atoms with Crippen LogP contribution in [0.1, 0.15) is 16.1 Å². The monoisotopic (exact) mass is 319 g/mol. The van der Waals surface area contributed by atoms with Crippen LogP contribution in [0, 0.1) is 6.92 Å². The van der Waals surface area contributed by atoms with Crippen molar-refractivity contribution in [1.29, 1.82) is 0 Å². The maximum atomic E-state index is 12.2. The molecule has 0 spiro atoms. The molecule has 1 N–H and O–H groups in total. The number of anilines is 1. The zero-order chi connectivity index (χ0) is 16.3. The van der Waals surface area contributed by atoms with Gasteiger partial charge in [0.2, 0.25) is 10.0 Å². The molecule has 22 heavy (non-hydrogen) atoms. The van der Waals surface area contributed by atoms with Gasteiger partial charge in [0, 0.05) is 25.4 Å². The van der Waals surface area contributed by atoms with Gasteiger partial charge in [-0.2, -0.15) is 0 Å². The molecule has 0 saturated carbocycles. The van der Waals surface area contributed by atoms with Gasteiger partial charge in [-0.05, 0) is 37.3 Å². The quantitative estimate of drug-likeness (QED) is 0.933. The Morgan fingerprint density at radius 1 is 1.14 bits per heavy atom. The first-order valence-corrected chi connectivity index (χ1v) is 8.02. The highest BCUT2D eigenvalue weighted by Crippen LogP contribution is 2.16. The topological polar surface area (TPSA) is 79.4 Å². The summed E-state index contributed by atoms with van der Waals surface area (Å²) in [7, 11) is -0.688. The second-order valence-corrected chi connectivity index (χ2v) is 7.09. The summed E-state index contributed by atoms with van der Waals surface area (Å²) < 4.78 is 25.3. The van der Waals surface area contributed by atoms with Crippen molar-refractivity contribution in [2.75, 3.05) is 19.4 Å². The standard InChI is InChI=1S/C15H17N3O3S/c1-11-6-4-9-14(16-11)17-15(19)12-7-5-8-13(10-12)22(20,21)18(2)3/h4-10H,1-3H3,(H,16,17,19). The molecule has 0 aliphatic heterocycles. The number of aryl methyl sites for hydroxylation is 1. The van der Waals surface area contributed by atoms with Crippen molar-refractivity contribution in [2.45, 2.75) is 11.8 Å². The van der Waals surface area contributed by atoms with Crippen molar-refractivity contribution in [1.82, 2.24) is 9.29 Å². The summed E-state index contributed by atoms with van der Waals surface area (Å²) in [6.45, 7) is 1.82. The summed E-state index contributed by atoms with van der Waals surface area (Å²) in [6, 6.07) is 11.2. The molecule has 2 aromatic rings. The van der Waals surface area contributed by atoms with Gasteiger partial charge in [0.1, 0.15) is 5.82 Å². The second-order valence-electron chi connectivity index (χ2n) is 4.93. The number of pyridine rings is 1. The lowest BCUT2D eigenvalue weighted by molar-refractivity contribution is 0.102. The number of rotatable bonds is 4. The van der Waals surface area contributed by atoms with Crippen LogP contribution < -0.4 is 5.32 Å². The van der Waals surface area contributed by atoms with E-state index in [1.54, 1.807) is 18.2 Å². The summed E-state index contributed by atoms with van der Waals surface area (Å²) >= 11 is 0. The van der Waals surface area contributed by atoms with Crippen LogP contribution in [0.15, 0.2) is 47.4 Å². The van der Waals surface area contributed by atoms with E-state index in [2.05, 4.69) is 10.3 Å². The van der Waals surface area contributed by atoms with Crippen molar-refractivity contribution in [3.05, 3.63) is 53.7 Å². The number of nitrogens with one attached hydrogen (secondary N) is 1. The third kappa shape index (κ3) is 3.49. The molecular weight excluding hydrogens is 302 g/mol. The van der Waals surface area contributed by atoms with Crippen LogP contribution in [0.25, 0.3) is 0 Å². The van der Waals surface area contributed by atoms with E-state index >= 15 is 0 Å². The van der Waals surface area contributed by atoms with Crippen molar-refractivity contribution in [2.24, 2.45) is 0 Å². The van der Waals surface area contributed by atoms with Crippen LogP contribution in [-0.4, -0.2) is 37.7 Å². The number of carbonyl (C=O) groups is 1. The maximum Gasteiger partial charge on any atom is 0.256 e. The van der Waals surface area contributed by atoms with Gasteiger partial charge in [0.15, 0.2) is 0 Å². The molecule has 116 valence electrons. The SMILES string of the molecule is Cc1cccc(NC(=O)c2cccc(S(=O)(=O)N(C)C)c2)n1. The van der Waals surface area contributed by atoms with Crippen LogP contribution in [0.2, 0.25) is 0 Å². The molecule has 1 aromatic carbocycles. The lowest BCUT2D eigenvalue weighted by Gasteiger charge is -2.12. The largest absolute Gasteiger partial charge is 0.307 e. The van der Waals surface area contributed by atoms with E-state index in [9.17, 15) is 13.2 Å². The van der Waals surface area contributed by atoms with Gasteiger partial charge in [-0.3, -0.25) is 4.79 Å². The molecule has 0 unspecified atom stereocenters. The Balaban J connectivity index is 2.28. The summed E-state index contributed by atoms with van der Waals surface area (Å²) in [5.41, 5.74) is 1.04. The average Bonchev–Trinajstić information content (AvgIpc) is 2.47. The minimum absolute atomic E-state index is 0.0716. The molecular formula is C15H17N3O3S. The van der Waals surface area contributed by atoms with Gasteiger partial charge in [0.05, 0.1) is 4.90 Å². The summed E-state index contributed by atoms with van der Waals surface area (Å²) in [4.78, 5) is 16.5. The Bertz CT molecular complexity index is 801. The fourth-order valence-corrected chi connectivity index (χ4v) is 2.76. The van der Waals surface area contributed by atoms with Crippen LogP contribution in [0.5, 0.6) is 0 Å². The van der Waals surface area contributed by atoms with Gasteiger partial charge in [-0.1, -0.05) is 12.1 Å². The van der Waals surface area contributed by atoms with E-state index < -0.39 is 15.9 Å². The lowest BCUT2D eigenvalue weighted by Crippen LogP contribution is -2.22. The molecule has 1 aromatic heterocycles. The van der Waals surface area contributed by atoms with Gasteiger partial charge < -0.3 is 5.32 Å². The fraction of sp³-hybridized carbons (Fsp3) is 0.200. The van der Waals surface area contributed by atoms with Crippen LogP contribution in [0.4, 0.5) is 5.82 Å². The lowest BCUT2D eigenvalue weighted by atomic mass is 10.2. The number of aromatic nitrogens is 1. The van der Waals surface area contributed by atoms with Crippen LogP contribution >= 0.6 is 0 Å². The predicted molar refractivity (Wildman–Crippen MR) is 84.2 cm³/mol. The first-order chi connectivity index (χ1) is 10.3. The molecule has 0 fully saturated rings. The molecule has 0 aliphatic carbocycles. The fourth-order valence-electron chi connectivity index (χ4n) is 1.81. The van der Waals surface area contributed by atoms with E-state index in [-0.39, 0.29) is 10.5 Å². The smallest absolute Gasteiger partial charge is 0.256 e. The molecule has 1 heterocycles. The third-order valence-electron chi connectivity index (χ3n) is 3.00.